The summed E-state index contributed by atoms with van der Waals surface area (Å²) in [6.45, 7) is 0. The molecule has 0 aliphatic carbocycles. The van der Waals surface area contributed by atoms with E-state index in [0.717, 1.165) is 66.5 Å². The normalized spacial score (nSPS) is 11.9. The Morgan fingerprint density at radius 3 is 1.93 bits per heavy atom. The molecule has 0 aliphatic rings. The zero-order chi connectivity index (χ0) is 40.0. The van der Waals surface area contributed by atoms with Crippen molar-refractivity contribution in [2.75, 3.05) is 0 Å². The Balaban J connectivity index is 1.12. The molecule has 5 nitrogen and oxygen atoms in total. The molecule has 4 aromatic heterocycles. The monoisotopic (exact) mass is 796 g/mol. The molecule has 0 radical (unpaired) electrons. The highest BCUT2D eigenvalue weighted by Crippen LogP contribution is 2.45. The van der Waals surface area contributed by atoms with E-state index in [9.17, 15) is 0 Å². The lowest BCUT2D eigenvalue weighted by molar-refractivity contribution is 0.669. The van der Waals surface area contributed by atoms with Crippen molar-refractivity contribution in [2.45, 2.75) is 0 Å². The fraction of sp³-hybridized carbons (Fsp3) is 0. The minimum absolute atomic E-state index is 0.588. The third kappa shape index (κ3) is 5.29. The summed E-state index contributed by atoms with van der Waals surface area (Å²) in [5.74, 6) is 1.79. The molecular weight excluding hydrogens is 765 g/mol. The lowest BCUT2D eigenvalue weighted by Gasteiger charge is -2.16. The lowest BCUT2D eigenvalue weighted by atomic mass is 9.96. The van der Waals surface area contributed by atoms with Gasteiger partial charge in [0.15, 0.2) is 17.5 Å². The van der Waals surface area contributed by atoms with Gasteiger partial charge >= 0.3 is 0 Å². The molecule has 0 atom stereocenters. The molecule has 0 amide bonds. The van der Waals surface area contributed by atoms with Gasteiger partial charge in [-0.05, 0) is 70.9 Å². The second-order valence-corrected chi connectivity index (χ2v) is 16.6. The topological polar surface area (TPSA) is 56.7 Å². The summed E-state index contributed by atoms with van der Waals surface area (Å²) in [5, 5.41) is 9.37. The van der Waals surface area contributed by atoms with Gasteiger partial charge in [-0.2, -0.15) is 0 Å². The number of aromatic nitrogens is 4. The van der Waals surface area contributed by atoms with Crippen LogP contribution in [0.2, 0.25) is 0 Å². The van der Waals surface area contributed by atoms with Crippen LogP contribution in [0.3, 0.4) is 0 Å². The second-order valence-electron chi connectivity index (χ2n) is 15.5. The molecule has 0 aliphatic heterocycles. The fourth-order valence-corrected chi connectivity index (χ4v) is 10.5. The summed E-state index contributed by atoms with van der Waals surface area (Å²) in [7, 11) is 0. The van der Waals surface area contributed by atoms with E-state index in [1.54, 1.807) is 0 Å². The first kappa shape index (κ1) is 34.0. The number of hydrogen-bond donors (Lipinski definition) is 0. The van der Waals surface area contributed by atoms with Crippen molar-refractivity contribution < 1.29 is 4.42 Å². The molecule has 0 spiro atoms. The maximum atomic E-state index is 6.35. The average Bonchev–Trinajstić information content (AvgIpc) is 4.00. The summed E-state index contributed by atoms with van der Waals surface area (Å²) in [5.41, 5.74) is 9.91. The zero-order valence-electron chi connectivity index (χ0n) is 32.6. The first-order chi connectivity index (χ1) is 30.2. The quantitative estimate of drug-likeness (QED) is 0.174. The van der Waals surface area contributed by atoms with Crippen LogP contribution in [-0.2, 0) is 0 Å². The lowest BCUT2D eigenvalue weighted by Crippen LogP contribution is -2.02. The molecule has 61 heavy (non-hydrogen) atoms. The standard InChI is InChI=1S/C55H32N4OS/c1-2-14-33(15-3-1)53-56-54(58-55(57-53)43-23-13-26-49-51(43)42-20-7-10-25-48(42)60-49)41-29-28-36(32-44(41)40-22-12-21-39-38-19-8-11-27-50(38)61-52(39)40)59-46-24-9-6-18-37(46)45-30-34-16-4-5-17-35(34)31-47(45)59/h1-32H. The maximum absolute atomic E-state index is 6.35. The van der Waals surface area contributed by atoms with Crippen LogP contribution >= 0.6 is 11.3 Å². The third-order valence-electron chi connectivity index (χ3n) is 12.0. The highest BCUT2D eigenvalue weighted by molar-refractivity contribution is 7.26. The van der Waals surface area contributed by atoms with Gasteiger partial charge in [-0.3, -0.25) is 0 Å². The molecule has 0 saturated heterocycles. The number of hydrogen-bond acceptors (Lipinski definition) is 5. The summed E-state index contributed by atoms with van der Waals surface area (Å²) in [6.07, 6.45) is 0. The number of furan rings is 1. The van der Waals surface area contributed by atoms with Crippen molar-refractivity contribution in [1.29, 1.82) is 0 Å². The summed E-state index contributed by atoms with van der Waals surface area (Å²) in [4.78, 5) is 15.9. The van der Waals surface area contributed by atoms with E-state index in [1.807, 2.05) is 59.9 Å². The number of benzene rings is 9. The summed E-state index contributed by atoms with van der Waals surface area (Å²) >= 11 is 1.83. The van der Waals surface area contributed by atoms with Crippen molar-refractivity contribution in [3.05, 3.63) is 194 Å². The highest BCUT2D eigenvalue weighted by Gasteiger charge is 2.22. The Morgan fingerprint density at radius 2 is 1.05 bits per heavy atom. The largest absolute Gasteiger partial charge is 0.456 e. The predicted octanol–water partition coefficient (Wildman–Crippen LogP) is 15.1. The van der Waals surface area contributed by atoms with Gasteiger partial charge in [-0.1, -0.05) is 140 Å². The Kier molecular flexibility index (Phi) is 7.41. The van der Waals surface area contributed by atoms with E-state index >= 15 is 0 Å². The molecule has 4 heterocycles. The number of para-hydroxylation sites is 2. The van der Waals surface area contributed by atoms with Crippen LogP contribution in [0.5, 0.6) is 0 Å². The van der Waals surface area contributed by atoms with Gasteiger partial charge < -0.3 is 8.98 Å². The van der Waals surface area contributed by atoms with Crippen molar-refractivity contribution in [2.24, 2.45) is 0 Å². The van der Waals surface area contributed by atoms with Gasteiger partial charge in [0, 0.05) is 69.7 Å². The molecule has 0 N–H and O–H groups in total. The molecular formula is C55H32N4OS. The van der Waals surface area contributed by atoms with Crippen LogP contribution in [-0.4, -0.2) is 19.5 Å². The third-order valence-corrected chi connectivity index (χ3v) is 13.3. The molecule has 13 aromatic rings. The minimum Gasteiger partial charge on any atom is -0.456 e. The van der Waals surface area contributed by atoms with Crippen LogP contribution in [0, 0.1) is 0 Å². The van der Waals surface area contributed by atoms with E-state index in [0.29, 0.717) is 17.5 Å². The number of fused-ring (bicyclic) bond motifs is 10. The van der Waals surface area contributed by atoms with E-state index < -0.39 is 0 Å². The van der Waals surface area contributed by atoms with E-state index in [2.05, 4.69) is 150 Å². The first-order valence-corrected chi connectivity index (χ1v) is 21.2. The highest BCUT2D eigenvalue weighted by atomic mass is 32.1. The molecule has 13 rings (SSSR count). The van der Waals surface area contributed by atoms with Gasteiger partial charge in [0.2, 0.25) is 0 Å². The van der Waals surface area contributed by atoms with E-state index in [4.69, 9.17) is 19.4 Å². The van der Waals surface area contributed by atoms with Crippen molar-refractivity contribution in [3.8, 4) is 51.0 Å². The van der Waals surface area contributed by atoms with Gasteiger partial charge in [-0.15, -0.1) is 11.3 Å². The van der Waals surface area contributed by atoms with E-state index in [-0.39, 0.29) is 0 Å². The number of thiophene rings is 1. The molecule has 0 fully saturated rings. The average molecular weight is 797 g/mol. The van der Waals surface area contributed by atoms with Crippen LogP contribution < -0.4 is 0 Å². The zero-order valence-corrected chi connectivity index (χ0v) is 33.4. The van der Waals surface area contributed by atoms with E-state index in [1.165, 1.54) is 41.7 Å². The van der Waals surface area contributed by atoms with Crippen LogP contribution in [0.1, 0.15) is 0 Å². The van der Waals surface area contributed by atoms with Crippen LogP contribution in [0.4, 0.5) is 0 Å². The first-order valence-electron chi connectivity index (χ1n) is 20.4. The number of rotatable bonds is 5. The summed E-state index contributed by atoms with van der Waals surface area (Å²) in [6, 6.07) is 68.6. The Hall–Kier alpha value is -7.93. The predicted molar refractivity (Wildman–Crippen MR) is 254 cm³/mol. The molecule has 9 aromatic carbocycles. The van der Waals surface area contributed by atoms with Crippen molar-refractivity contribution in [1.82, 2.24) is 19.5 Å². The van der Waals surface area contributed by atoms with Gasteiger partial charge in [0.25, 0.3) is 0 Å². The smallest absolute Gasteiger partial charge is 0.164 e. The number of nitrogens with zero attached hydrogens (tertiary/aromatic N) is 4. The molecule has 0 bridgehead atoms. The van der Waals surface area contributed by atoms with Crippen molar-refractivity contribution >= 4 is 86.0 Å². The SMILES string of the molecule is c1ccc(-c2nc(-c3ccc(-n4c5ccccc5c5cc6ccccc6cc54)cc3-c3cccc4c3sc3ccccc34)nc(-c3cccc4oc5ccccc5c34)n2)cc1. The second kappa shape index (κ2) is 13.3. The maximum Gasteiger partial charge on any atom is 0.164 e. The minimum atomic E-state index is 0.588. The van der Waals surface area contributed by atoms with Crippen molar-refractivity contribution in [3.63, 3.8) is 0 Å². The molecule has 0 saturated carbocycles. The van der Waals surface area contributed by atoms with Gasteiger partial charge in [0.05, 0.1) is 11.0 Å². The van der Waals surface area contributed by atoms with Crippen LogP contribution in [0.15, 0.2) is 199 Å². The Bertz CT molecular complexity index is 3900. The fourth-order valence-electron chi connectivity index (χ4n) is 9.28. The Morgan fingerprint density at radius 1 is 0.393 bits per heavy atom. The van der Waals surface area contributed by atoms with Gasteiger partial charge in [-0.25, -0.2) is 15.0 Å². The molecule has 284 valence electrons. The van der Waals surface area contributed by atoms with Crippen LogP contribution in [0.25, 0.3) is 126 Å². The Labute approximate surface area is 353 Å². The van der Waals surface area contributed by atoms with Gasteiger partial charge in [0.1, 0.15) is 11.2 Å². The summed E-state index contributed by atoms with van der Waals surface area (Å²) < 4.78 is 11.2. The molecule has 0 unspecified atom stereocenters. The molecule has 6 heteroatoms.